The molecule has 126 valence electrons. The largest absolute Gasteiger partial charge is 0.493 e. The van der Waals surface area contributed by atoms with Gasteiger partial charge in [0.2, 0.25) is 5.91 Å². The second-order valence-corrected chi connectivity index (χ2v) is 5.12. The Bertz CT molecular complexity index is 747. The number of hydrogen-bond donors (Lipinski definition) is 2. The summed E-state index contributed by atoms with van der Waals surface area (Å²) in [5.41, 5.74) is 1.47. The van der Waals surface area contributed by atoms with Gasteiger partial charge in [-0.2, -0.15) is 0 Å². The molecule has 6 heteroatoms. The van der Waals surface area contributed by atoms with Crippen LogP contribution in [0.4, 0.5) is 10.1 Å². The summed E-state index contributed by atoms with van der Waals surface area (Å²) in [5.74, 6) is -0.833. The van der Waals surface area contributed by atoms with Crippen LogP contribution in [0.1, 0.15) is 22.8 Å². The highest BCUT2D eigenvalue weighted by atomic mass is 19.1. The molecule has 24 heavy (non-hydrogen) atoms. The molecular weight excluding hydrogens is 311 g/mol. The second-order valence-electron chi connectivity index (χ2n) is 5.12. The van der Waals surface area contributed by atoms with Crippen LogP contribution in [0.25, 0.3) is 0 Å². The van der Waals surface area contributed by atoms with Crippen LogP contribution in [0.3, 0.4) is 0 Å². The van der Waals surface area contributed by atoms with Crippen molar-refractivity contribution in [2.75, 3.05) is 18.5 Å². The maximum Gasteiger partial charge on any atom is 0.255 e. The van der Waals surface area contributed by atoms with Gasteiger partial charge in [0.05, 0.1) is 18.7 Å². The first-order valence-corrected chi connectivity index (χ1v) is 7.57. The van der Waals surface area contributed by atoms with E-state index in [1.165, 1.54) is 12.1 Å². The van der Waals surface area contributed by atoms with Crippen molar-refractivity contribution in [3.8, 4) is 5.75 Å². The Kier molecular flexibility index (Phi) is 5.89. The van der Waals surface area contributed by atoms with Crippen LogP contribution < -0.4 is 15.4 Å². The fourth-order valence-corrected chi connectivity index (χ4v) is 2.11. The number of benzene rings is 2. The number of para-hydroxylation sites is 1. The van der Waals surface area contributed by atoms with Crippen LogP contribution in [0, 0.1) is 12.7 Å². The van der Waals surface area contributed by atoms with Crippen molar-refractivity contribution in [2.45, 2.75) is 13.8 Å². The summed E-state index contributed by atoms with van der Waals surface area (Å²) >= 11 is 0. The average Bonchev–Trinajstić information content (AvgIpc) is 2.57. The summed E-state index contributed by atoms with van der Waals surface area (Å²) in [7, 11) is 0. The molecule has 0 aliphatic rings. The highest BCUT2D eigenvalue weighted by Gasteiger charge is 2.13. The van der Waals surface area contributed by atoms with Gasteiger partial charge in [0.25, 0.3) is 5.91 Å². The van der Waals surface area contributed by atoms with Crippen molar-refractivity contribution in [3.05, 3.63) is 59.4 Å². The molecule has 2 N–H and O–H groups in total. The standard InChI is InChI=1S/C18H19FN2O3/c1-3-24-16-7-5-4-6-14(16)18(23)20-11-17(22)21-15-10-13(19)9-8-12(15)2/h4-10H,3,11H2,1-2H3,(H,20,23)(H,21,22). The third kappa shape index (κ3) is 4.55. The Morgan fingerprint density at radius 2 is 1.92 bits per heavy atom. The van der Waals surface area contributed by atoms with Crippen LogP contribution in [0.2, 0.25) is 0 Å². The van der Waals surface area contributed by atoms with E-state index in [4.69, 9.17) is 4.74 Å². The number of carbonyl (C=O) groups is 2. The third-order valence-corrected chi connectivity index (χ3v) is 3.31. The molecule has 2 rings (SSSR count). The molecule has 2 amide bonds. The molecule has 2 aromatic rings. The molecule has 0 unspecified atom stereocenters. The molecule has 0 aromatic heterocycles. The van der Waals surface area contributed by atoms with Crippen LogP contribution in [0.5, 0.6) is 5.75 Å². The predicted octanol–water partition coefficient (Wildman–Crippen LogP) is 2.90. The van der Waals surface area contributed by atoms with E-state index in [9.17, 15) is 14.0 Å². The predicted molar refractivity (Wildman–Crippen MR) is 89.7 cm³/mol. The first-order chi connectivity index (χ1) is 11.5. The van der Waals surface area contributed by atoms with Crippen LogP contribution >= 0.6 is 0 Å². The van der Waals surface area contributed by atoms with Gasteiger partial charge in [-0.25, -0.2) is 4.39 Å². The normalized spacial score (nSPS) is 10.1. The van der Waals surface area contributed by atoms with E-state index in [-0.39, 0.29) is 6.54 Å². The van der Waals surface area contributed by atoms with Crippen LogP contribution in [0.15, 0.2) is 42.5 Å². The lowest BCUT2D eigenvalue weighted by Gasteiger charge is -2.11. The van der Waals surface area contributed by atoms with E-state index in [0.717, 1.165) is 5.56 Å². The van der Waals surface area contributed by atoms with Gasteiger partial charge in [-0.1, -0.05) is 18.2 Å². The zero-order chi connectivity index (χ0) is 17.5. The minimum atomic E-state index is -0.439. The first-order valence-electron chi connectivity index (χ1n) is 7.57. The van der Waals surface area contributed by atoms with Gasteiger partial charge >= 0.3 is 0 Å². The number of rotatable bonds is 6. The summed E-state index contributed by atoms with van der Waals surface area (Å²) in [6, 6.07) is 10.9. The molecule has 2 aromatic carbocycles. The van der Waals surface area contributed by atoms with Crippen LogP contribution in [-0.2, 0) is 4.79 Å². The number of anilines is 1. The van der Waals surface area contributed by atoms with Gasteiger partial charge in [-0.05, 0) is 43.7 Å². The number of carbonyl (C=O) groups excluding carboxylic acids is 2. The molecule has 0 saturated carbocycles. The summed E-state index contributed by atoms with van der Waals surface area (Å²) in [6.45, 7) is 3.79. The lowest BCUT2D eigenvalue weighted by atomic mass is 10.2. The molecule has 5 nitrogen and oxygen atoms in total. The molecule has 0 bridgehead atoms. The second kappa shape index (κ2) is 8.10. The van der Waals surface area contributed by atoms with Gasteiger partial charge in [-0.3, -0.25) is 9.59 Å². The summed E-state index contributed by atoms with van der Waals surface area (Å²) in [4.78, 5) is 24.1. The Hall–Kier alpha value is -2.89. The average molecular weight is 330 g/mol. The molecular formula is C18H19FN2O3. The van der Waals surface area contributed by atoms with E-state index in [2.05, 4.69) is 10.6 Å². The minimum Gasteiger partial charge on any atom is -0.493 e. The maximum absolute atomic E-state index is 13.2. The molecule has 0 heterocycles. The van der Waals surface area contributed by atoms with E-state index in [1.54, 1.807) is 37.3 Å². The highest BCUT2D eigenvalue weighted by Crippen LogP contribution is 2.18. The van der Waals surface area contributed by atoms with E-state index in [0.29, 0.717) is 23.6 Å². The van der Waals surface area contributed by atoms with Crippen molar-refractivity contribution in [1.82, 2.24) is 5.32 Å². The molecule has 0 atom stereocenters. The van der Waals surface area contributed by atoms with E-state index < -0.39 is 17.6 Å². The van der Waals surface area contributed by atoms with E-state index >= 15 is 0 Å². The number of nitrogens with one attached hydrogen (secondary N) is 2. The first kappa shape index (κ1) is 17.5. The number of halogens is 1. The Morgan fingerprint density at radius 3 is 2.67 bits per heavy atom. The Morgan fingerprint density at radius 1 is 1.17 bits per heavy atom. The van der Waals surface area contributed by atoms with Crippen molar-refractivity contribution >= 4 is 17.5 Å². The SMILES string of the molecule is CCOc1ccccc1C(=O)NCC(=O)Nc1cc(F)ccc1C. The third-order valence-electron chi connectivity index (χ3n) is 3.31. The lowest BCUT2D eigenvalue weighted by Crippen LogP contribution is -2.33. The highest BCUT2D eigenvalue weighted by molar-refractivity contribution is 6.01. The summed E-state index contributed by atoms with van der Waals surface area (Å²) in [6.07, 6.45) is 0. The minimum absolute atomic E-state index is 0.227. The monoisotopic (exact) mass is 330 g/mol. The summed E-state index contributed by atoms with van der Waals surface area (Å²) in [5, 5.41) is 5.10. The van der Waals surface area contributed by atoms with Gasteiger partial charge in [0, 0.05) is 5.69 Å². The molecule has 0 aliphatic carbocycles. The zero-order valence-electron chi connectivity index (χ0n) is 13.6. The lowest BCUT2D eigenvalue weighted by molar-refractivity contribution is -0.115. The maximum atomic E-state index is 13.2. The van der Waals surface area contributed by atoms with Crippen molar-refractivity contribution in [1.29, 1.82) is 0 Å². The molecule has 0 fully saturated rings. The topological polar surface area (TPSA) is 67.4 Å². The number of aryl methyl sites for hydroxylation is 1. The number of hydrogen-bond acceptors (Lipinski definition) is 3. The van der Waals surface area contributed by atoms with Gasteiger partial charge in [0.15, 0.2) is 0 Å². The fraction of sp³-hybridized carbons (Fsp3) is 0.222. The van der Waals surface area contributed by atoms with Crippen molar-refractivity contribution in [3.63, 3.8) is 0 Å². The fourth-order valence-electron chi connectivity index (χ4n) is 2.11. The van der Waals surface area contributed by atoms with Gasteiger partial charge in [0.1, 0.15) is 11.6 Å². The Balaban J connectivity index is 1.96. The van der Waals surface area contributed by atoms with Crippen LogP contribution in [-0.4, -0.2) is 25.0 Å². The Labute approximate surface area is 139 Å². The molecule has 0 saturated heterocycles. The van der Waals surface area contributed by atoms with Gasteiger partial charge in [-0.15, -0.1) is 0 Å². The van der Waals surface area contributed by atoms with Crippen molar-refractivity contribution < 1.29 is 18.7 Å². The zero-order valence-corrected chi connectivity index (χ0v) is 13.6. The smallest absolute Gasteiger partial charge is 0.255 e. The summed E-state index contributed by atoms with van der Waals surface area (Å²) < 4.78 is 18.6. The van der Waals surface area contributed by atoms with Crippen molar-refractivity contribution in [2.24, 2.45) is 0 Å². The molecule has 0 spiro atoms. The molecule has 0 radical (unpaired) electrons. The van der Waals surface area contributed by atoms with Gasteiger partial charge < -0.3 is 15.4 Å². The molecule has 0 aliphatic heterocycles. The quantitative estimate of drug-likeness (QED) is 0.856. The number of amides is 2. The van der Waals surface area contributed by atoms with E-state index in [1.807, 2.05) is 6.92 Å². The number of ether oxygens (including phenoxy) is 1.